The largest absolute Gasteiger partial charge is 0.364 e. The molecule has 3 aromatic rings. The molecule has 3 rings (SSSR count). The van der Waals surface area contributed by atoms with Crippen LogP contribution in [0.15, 0.2) is 79.5 Å². The fraction of sp³-hybridized carbons (Fsp3) is 0. The number of nitrogens with zero attached hydrogens (tertiary/aromatic N) is 1. The van der Waals surface area contributed by atoms with Gasteiger partial charge in [-0.15, -0.1) is 0 Å². The number of nitrogens with two attached hydrogens (primary N) is 1. The molecule has 0 aliphatic carbocycles. The van der Waals surface area contributed by atoms with Crippen LogP contribution in [0.25, 0.3) is 16.8 Å². The summed E-state index contributed by atoms with van der Waals surface area (Å²) in [5.74, 6) is -0.545. The van der Waals surface area contributed by atoms with Gasteiger partial charge in [-0.2, -0.15) is 0 Å². The van der Waals surface area contributed by atoms with Crippen LogP contribution in [0.4, 0.5) is 5.69 Å². The van der Waals surface area contributed by atoms with E-state index in [0.29, 0.717) is 5.70 Å². The second-order valence-corrected chi connectivity index (χ2v) is 5.34. The van der Waals surface area contributed by atoms with Crippen molar-refractivity contribution in [2.24, 2.45) is 5.73 Å². The van der Waals surface area contributed by atoms with Crippen LogP contribution in [0.3, 0.4) is 0 Å². The molecule has 0 aliphatic rings. The third-order valence-electron chi connectivity index (χ3n) is 3.65. The van der Waals surface area contributed by atoms with Crippen LogP contribution < -0.4 is 11.1 Å². The molecule has 1 heterocycles. The summed E-state index contributed by atoms with van der Waals surface area (Å²) in [6.07, 6.45) is 1.58. The topological polar surface area (TPSA) is 68.0 Å². The van der Waals surface area contributed by atoms with Gasteiger partial charge in [-0.3, -0.25) is 9.78 Å². The zero-order valence-corrected chi connectivity index (χ0v) is 13.1. The Balaban J connectivity index is 1.71. The Morgan fingerprint density at radius 3 is 2.17 bits per heavy atom. The normalized spacial score (nSPS) is 10.2. The Kier molecular flexibility index (Phi) is 4.38. The first kappa shape index (κ1) is 15.5. The predicted octanol–water partition coefficient (Wildman–Crippen LogP) is 3.93. The minimum atomic E-state index is -0.545. The third-order valence-corrected chi connectivity index (χ3v) is 3.65. The average Bonchev–Trinajstić information content (AvgIpc) is 2.63. The molecule has 0 atom stereocenters. The molecule has 0 saturated carbocycles. The number of pyridine rings is 1. The molecule has 1 aromatic heterocycles. The molecule has 0 radical (unpaired) electrons. The summed E-state index contributed by atoms with van der Waals surface area (Å²) in [5, 5.41) is 3.23. The number of carbonyl (C=O) groups is 1. The van der Waals surface area contributed by atoms with Crippen molar-refractivity contribution >= 4 is 17.3 Å². The molecule has 118 valence electrons. The van der Waals surface area contributed by atoms with Gasteiger partial charge < -0.3 is 11.1 Å². The maximum absolute atomic E-state index is 11.0. The van der Waals surface area contributed by atoms with Gasteiger partial charge >= 0.3 is 0 Å². The number of carbonyl (C=O) groups excluding carboxylic acids is 1. The fourth-order valence-electron chi connectivity index (χ4n) is 2.34. The number of nitrogens with one attached hydrogen (secondary N) is 1. The summed E-state index contributed by atoms with van der Waals surface area (Å²) in [6, 6.07) is 21.7. The fourth-order valence-corrected chi connectivity index (χ4v) is 2.34. The van der Waals surface area contributed by atoms with Gasteiger partial charge in [0.2, 0.25) is 0 Å². The zero-order valence-electron chi connectivity index (χ0n) is 13.1. The number of hydrogen-bond donors (Lipinski definition) is 2. The van der Waals surface area contributed by atoms with Crippen molar-refractivity contribution in [3.05, 3.63) is 90.8 Å². The van der Waals surface area contributed by atoms with E-state index in [0.717, 1.165) is 16.8 Å². The van der Waals surface area contributed by atoms with E-state index in [9.17, 15) is 4.79 Å². The highest BCUT2D eigenvalue weighted by Crippen LogP contribution is 2.23. The van der Waals surface area contributed by atoms with Gasteiger partial charge in [-0.05, 0) is 35.4 Å². The van der Waals surface area contributed by atoms with E-state index in [-0.39, 0.29) is 5.69 Å². The number of primary amides is 1. The first-order valence-corrected chi connectivity index (χ1v) is 7.51. The highest BCUT2D eigenvalue weighted by molar-refractivity contribution is 5.91. The van der Waals surface area contributed by atoms with Crippen molar-refractivity contribution < 1.29 is 4.79 Å². The van der Waals surface area contributed by atoms with Crippen molar-refractivity contribution in [2.45, 2.75) is 0 Å². The molecular formula is C20H17N3O. The minimum Gasteiger partial charge on any atom is -0.364 e. The number of hydrogen-bond acceptors (Lipinski definition) is 3. The molecule has 1 amide bonds. The molecule has 4 nitrogen and oxygen atoms in total. The Morgan fingerprint density at radius 2 is 1.58 bits per heavy atom. The average molecular weight is 315 g/mol. The highest BCUT2D eigenvalue weighted by atomic mass is 16.1. The lowest BCUT2D eigenvalue weighted by Crippen LogP contribution is -2.13. The van der Waals surface area contributed by atoms with Gasteiger partial charge in [0.15, 0.2) is 0 Å². The highest BCUT2D eigenvalue weighted by Gasteiger charge is 2.04. The molecule has 2 aromatic carbocycles. The smallest absolute Gasteiger partial charge is 0.267 e. The first-order valence-electron chi connectivity index (χ1n) is 7.51. The van der Waals surface area contributed by atoms with E-state index < -0.39 is 5.91 Å². The zero-order chi connectivity index (χ0) is 16.9. The summed E-state index contributed by atoms with van der Waals surface area (Å²) in [5.41, 5.74) is 10.2. The Bertz CT molecular complexity index is 854. The van der Waals surface area contributed by atoms with Crippen LogP contribution in [0.2, 0.25) is 0 Å². The van der Waals surface area contributed by atoms with Gasteiger partial charge in [-0.25, -0.2) is 0 Å². The third kappa shape index (κ3) is 3.50. The number of amides is 1. The van der Waals surface area contributed by atoms with Gasteiger partial charge in [0.1, 0.15) is 5.69 Å². The molecule has 24 heavy (non-hydrogen) atoms. The molecule has 0 bridgehead atoms. The van der Waals surface area contributed by atoms with Gasteiger partial charge in [0.25, 0.3) is 5.91 Å². The van der Waals surface area contributed by atoms with Gasteiger partial charge in [-0.1, -0.05) is 49.0 Å². The predicted molar refractivity (Wildman–Crippen MR) is 97.3 cm³/mol. The Labute approximate surface area is 140 Å². The molecule has 0 aliphatic heterocycles. The molecule has 0 saturated heterocycles. The molecule has 0 spiro atoms. The summed E-state index contributed by atoms with van der Waals surface area (Å²) in [7, 11) is 0. The first-order chi connectivity index (χ1) is 11.6. The summed E-state index contributed by atoms with van der Waals surface area (Å²) < 4.78 is 0. The number of anilines is 1. The SMILES string of the molecule is C=C(Nc1ccc(-c2ccccc2)cc1)c1ccc(C(N)=O)nc1. The summed E-state index contributed by atoms with van der Waals surface area (Å²) in [4.78, 5) is 15.1. The van der Waals surface area contributed by atoms with Crippen LogP contribution >= 0.6 is 0 Å². The van der Waals surface area contributed by atoms with E-state index in [1.54, 1.807) is 18.3 Å². The maximum Gasteiger partial charge on any atom is 0.267 e. The van der Waals surface area contributed by atoms with Crippen LogP contribution in [0.5, 0.6) is 0 Å². The lowest BCUT2D eigenvalue weighted by molar-refractivity contribution is 0.0995. The van der Waals surface area contributed by atoms with Crippen molar-refractivity contribution in [3.63, 3.8) is 0 Å². The van der Waals surface area contributed by atoms with Crippen molar-refractivity contribution in [1.82, 2.24) is 4.98 Å². The van der Waals surface area contributed by atoms with Crippen LogP contribution in [0.1, 0.15) is 16.1 Å². The number of aromatic nitrogens is 1. The van der Waals surface area contributed by atoms with Gasteiger partial charge in [0.05, 0.1) is 0 Å². The lowest BCUT2D eigenvalue weighted by Gasteiger charge is -2.11. The molecule has 3 N–H and O–H groups in total. The molecule has 0 unspecified atom stereocenters. The van der Waals surface area contributed by atoms with Crippen LogP contribution in [0, 0.1) is 0 Å². The Morgan fingerprint density at radius 1 is 0.917 bits per heavy atom. The number of benzene rings is 2. The second kappa shape index (κ2) is 6.79. The van der Waals surface area contributed by atoms with E-state index in [1.807, 2.05) is 30.3 Å². The maximum atomic E-state index is 11.0. The molecule has 4 heteroatoms. The van der Waals surface area contributed by atoms with Crippen LogP contribution in [-0.4, -0.2) is 10.9 Å². The monoisotopic (exact) mass is 315 g/mol. The van der Waals surface area contributed by atoms with Crippen molar-refractivity contribution in [2.75, 3.05) is 5.32 Å². The summed E-state index contributed by atoms with van der Waals surface area (Å²) in [6.45, 7) is 4.01. The summed E-state index contributed by atoms with van der Waals surface area (Å²) >= 11 is 0. The Hall–Kier alpha value is -3.40. The lowest BCUT2D eigenvalue weighted by atomic mass is 10.1. The van der Waals surface area contributed by atoms with E-state index in [2.05, 4.69) is 41.1 Å². The van der Waals surface area contributed by atoms with E-state index in [4.69, 9.17) is 5.73 Å². The van der Waals surface area contributed by atoms with Crippen molar-refractivity contribution in [1.29, 1.82) is 0 Å². The molecule has 0 fully saturated rings. The quantitative estimate of drug-likeness (QED) is 0.749. The number of rotatable bonds is 5. The molecular weight excluding hydrogens is 298 g/mol. The standard InChI is InChI=1S/C20H17N3O/c1-14(17-9-12-19(20(21)24)22-13-17)23-18-10-7-16(8-11-18)15-5-3-2-4-6-15/h2-13,23H,1H2,(H2,21,24). The van der Waals surface area contributed by atoms with Crippen molar-refractivity contribution in [3.8, 4) is 11.1 Å². The van der Waals surface area contributed by atoms with Gasteiger partial charge in [0, 0.05) is 23.1 Å². The van der Waals surface area contributed by atoms with Crippen LogP contribution in [-0.2, 0) is 0 Å². The van der Waals surface area contributed by atoms with E-state index in [1.165, 1.54) is 5.56 Å². The second-order valence-electron chi connectivity index (χ2n) is 5.34. The van der Waals surface area contributed by atoms with E-state index >= 15 is 0 Å². The minimum absolute atomic E-state index is 0.235.